The number of hydrogen-bond acceptors (Lipinski definition) is 0. The molecule has 0 nitrogen and oxygen atoms in total. The minimum atomic E-state index is 0.777. The zero-order valence-electron chi connectivity index (χ0n) is 9.14. The molecular formula is C12H24. The molecule has 0 heterocycles. The minimum Gasteiger partial charge on any atom is -0.0914 e. The van der Waals surface area contributed by atoms with Crippen LogP contribution in [0, 0.1) is 11.8 Å². The van der Waals surface area contributed by atoms with E-state index in [0.29, 0.717) is 0 Å². The molecule has 72 valence electrons. The van der Waals surface area contributed by atoms with E-state index in [9.17, 15) is 0 Å². The summed E-state index contributed by atoms with van der Waals surface area (Å²) in [6.07, 6.45) is 9.94. The normalized spacial score (nSPS) is 16.7. The largest absolute Gasteiger partial charge is 0.0914 e. The van der Waals surface area contributed by atoms with Crippen LogP contribution in [-0.2, 0) is 0 Å². The van der Waals surface area contributed by atoms with Gasteiger partial charge in [0.25, 0.3) is 0 Å². The van der Waals surface area contributed by atoms with Crippen LogP contribution in [0.15, 0.2) is 12.2 Å². The molecule has 0 saturated carbocycles. The van der Waals surface area contributed by atoms with E-state index >= 15 is 0 Å². The second-order valence-electron chi connectivity index (χ2n) is 3.95. The Kier molecular flexibility index (Phi) is 7.23. The summed E-state index contributed by atoms with van der Waals surface area (Å²) < 4.78 is 0. The molecule has 0 aliphatic heterocycles. The summed E-state index contributed by atoms with van der Waals surface area (Å²) in [5.41, 5.74) is 0. The van der Waals surface area contributed by atoms with Crippen LogP contribution in [0.25, 0.3) is 0 Å². The first kappa shape index (κ1) is 11.7. The van der Waals surface area contributed by atoms with Crippen molar-refractivity contribution in [3.8, 4) is 0 Å². The van der Waals surface area contributed by atoms with Gasteiger partial charge in [-0.1, -0.05) is 52.2 Å². The highest BCUT2D eigenvalue weighted by molar-refractivity contribution is 4.82. The highest BCUT2D eigenvalue weighted by atomic mass is 14.1. The monoisotopic (exact) mass is 168 g/mol. The summed E-state index contributed by atoms with van der Waals surface area (Å²) in [7, 11) is 0. The van der Waals surface area contributed by atoms with Crippen LogP contribution in [0.5, 0.6) is 0 Å². The lowest BCUT2D eigenvalue weighted by Gasteiger charge is -2.09. The first-order valence-electron chi connectivity index (χ1n) is 5.33. The van der Waals surface area contributed by atoms with E-state index in [1.165, 1.54) is 25.7 Å². The Bertz CT molecular complexity index is 113. The van der Waals surface area contributed by atoms with Crippen molar-refractivity contribution < 1.29 is 0 Å². The fraction of sp³-hybridized carbons (Fsp3) is 0.833. The molecule has 0 aromatic heterocycles. The van der Waals surface area contributed by atoms with Crippen LogP contribution in [0.2, 0.25) is 0 Å². The molecule has 0 aromatic rings. The lowest BCUT2D eigenvalue weighted by molar-refractivity contribution is 0.462. The summed E-state index contributed by atoms with van der Waals surface area (Å²) in [5, 5.41) is 0. The molecule has 0 aliphatic rings. The van der Waals surface area contributed by atoms with E-state index in [4.69, 9.17) is 0 Å². The molecular weight excluding hydrogens is 144 g/mol. The Morgan fingerprint density at radius 3 is 2.33 bits per heavy atom. The standard InChI is InChI=1S/C12H24/c1-5-8-12(4)10-7-9-11(3)6-2/h5,8,11-12H,6-7,9-10H2,1-4H3. The summed E-state index contributed by atoms with van der Waals surface area (Å²) in [5.74, 6) is 1.70. The van der Waals surface area contributed by atoms with E-state index in [-0.39, 0.29) is 0 Å². The van der Waals surface area contributed by atoms with Gasteiger partial charge >= 0.3 is 0 Å². The average Bonchev–Trinajstić information content (AvgIpc) is 2.04. The van der Waals surface area contributed by atoms with Gasteiger partial charge in [0.1, 0.15) is 0 Å². The molecule has 2 atom stereocenters. The molecule has 0 radical (unpaired) electrons. The van der Waals surface area contributed by atoms with E-state index in [1.54, 1.807) is 0 Å². The van der Waals surface area contributed by atoms with Gasteiger partial charge in [-0.15, -0.1) is 0 Å². The van der Waals surface area contributed by atoms with Crippen LogP contribution in [0.4, 0.5) is 0 Å². The first-order valence-corrected chi connectivity index (χ1v) is 5.33. The van der Waals surface area contributed by atoms with E-state index in [2.05, 4.69) is 39.8 Å². The van der Waals surface area contributed by atoms with Crippen molar-refractivity contribution in [1.29, 1.82) is 0 Å². The van der Waals surface area contributed by atoms with Crippen molar-refractivity contribution in [2.45, 2.75) is 53.4 Å². The first-order chi connectivity index (χ1) is 5.70. The predicted molar refractivity (Wildman–Crippen MR) is 57.3 cm³/mol. The van der Waals surface area contributed by atoms with Crippen molar-refractivity contribution >= 4 is 0 Å². The third-order valence-electron chi connectivity index (χ3n) is 2.57. The van der Waals surface area contributed by atoms with E-state index < -0.39 is 0 Å². The maximum Gasteiger partial charge on any atom is -0.0262 e. The second-order valence-corrected chi connectivity index (χ2v) is 3.95. The number of allylic oxidation sites excluding steroid dienone is 2. The second kappa shape index (κ2) is 7.39. The molecule has 0 fully saturated rings. The van der Waals surface area contributed by atoms with Gasteiger partial charge in [-0.3, -0.25) is 0 Å². The van der Waals surface area contributed by atoms with Crippen LogP contribution in [-0.4, -0.2) is 0 Å². The van der Waals surface area contributed by atoms with Gasteiger partial charge in [0.05, 0.1) is 0 Å². The fourth-order valence-electron chi connectivity index (χ4n) is 1.42. The molecule has 0 amide bonds. The lowest BCUT2D eigenvalue weighted by Crippen LogP contribution is -1.95. The highest BCUT2D eigenvalue weighted by Gasteiger charge is 2.00. The molecule has 0 aromatic carbocycles. The smallest absolute Gasteiger partial charge is 0.0262 e. The van der Waals surface area contributed by atoms with Gasteiger partial charge < -0.3 is 0 Å². The molecule has 0 rings (SSSR count). The molecule has 0 aliphatic carbocycles. The van der Waals surface area contributed by atoms with Gasteiger partial charge in [-0.25, -0.2) is 0 Å². The Morgan fingerprint density at radius 1 is 1.17 bits per heavy atom. The summed E-state index contributed by atoms with van der Waals surface area (Å²) in [6.45, 7) is 9.03. The number of rotatable bonds is 6. The van der Waals surface area contributed by atoms with E-state index in [0.717, 1.165) is 11.8 Å². The quantitative estimate of drug-likeness (QED) is 0.515. The summed E-state index contributed by atoms with van der Waals surface area (Å²) in [4.78, 5) is 0. The summed E-state index contributed by atoms with van der Waals surface area (Å²) >= 11 is 0. The minimum absolute atomic E-state index is 0.777. The molecule has 0 heteroatoms. The Labute approximate surface area is 78.1 Å². The predicted octanol–water partition coefficient (Wildman–Crippen LogP) is 4.42. The summed E-state index contributed by atoms with van der Waals surface area (Å²) in [6, 6.07) is 0. The molecule has 0 bridgehead atoms. The molecule has 0 spiro atoms. The fourth-order valence-corrected chi connectivity index (χ4v) is 1.42. The van der Waals surface area contributed by atoms with Gasteiger partial charge in [0.15, 0.2) is 0 Å². The third kappa shape index (κ3) is 6.45. The van der Waals surface area contributed by atoms with Crippen molar-refractivity contribution in [3.63, 3.8) is 0 Å². The third-order valence-corrected chi connectivity index (χ3v) is 2.57. The van der Waals surface area contributed by atoms with Gasteiger partial charge in [0.2, 0.25) is 0 Å². The maximum absolute atomic E-state index is 2.35. The Balaban J connectivity index is 3.30. The van der Waals surface area contributed by atoms with Gasteiger partial charge in [-0.2, -0.15) is 0 Å². The van der Waals surface area contributed by atoms with Crippen molar-refractivity contribution in [2.24, 2.45) is 11.8 Å². The van der Waals surface area contributed by atoms with Crippen molar-refractivity contribution in [1.82, 2.24) is 0 Å². The van der Waals surface area contributed by atoms with Crippen molar-refractivity contribution in [2.75, 3.05) is 0 Å². The Hall–Kier alpha value is -0.260. The number of hydrogen-bond donors (Lipinski definition) is 0. The van der Waals surface area contributed by atoms with Crippen LogP contribution >= 0.6 is 0 Å². The maximum atomic E-state index is 2.35. The van der Waals surface area contributed by atoms with E-state index in [1.807, 2.05) is 0 Å². The molecule has 0 saturated heterocycles. The zero-order valence-corrected chi connectivity index (χ0v) is 9.14. The average molecular weight is 168 g/mol. The highest BCUT2D eigenvalue weighted by Crippen LogP contribution is 2.15. The molecule has 2 unspecified atom stereocenters. The van der Waals surface area contributed by atoms with Crippen molar-refractivity contribution in [3.05, 3.63) is 12.2 Å². The van der Waals surface area contributed by atoms with Crippen LogP contribution in [0.1, 0.15) is 53.4 Å². The molecule has 0 N–H and O–H groups in total. The van der Waals surface area contributed by atoms with Crippen LogP contribution in [0.3, 0.4) is 0 Å². The SMILES string of the molecule is CC=CC(C)CCCC(C)CC. The lowest BCUT2D eigenvalue weighted by atomic mass is 9.97. The topological polar surface area (TPSA) is 0 Å². The Morgan fingerprint density at radius 2 is 1.83 bits per heavy atom. The zero-order chi connectivity index (χ0) is 9.40. The van der Waals surface area contributed by atoms with Gasteiger partial charge in [0, 0.05) is 0 Å². The van der Waals surface area contributed by atoms with Crippen LogP contribution < -0.4 is 0 Å². The molecule has 12 heavy (non-hydrogen) atoms. The van der Waals surface area contributed by atoms with Gasteiger partial charge in [-0.05, 0) is 25.2 Å².